The molecule has 0 radical (unpaired) electrons. The van der Waals surface area contributed by atoms with Gasteiger partial charge in [0.05, 0.1) is 37.3 Å². The third-order valence-electron chi connectivity index (χ3n) is 5.91. The molecule has 0 aromatic heterocycles. The van der Waals surface area contributed by atoms with Gasteiger partial charge in [0.1, 0.15) is 5.82 Å². The molecule has 3 heterocycles. The van der Waals surface area contributed by atoms with Gasteiger partial charge in [-0.1, -0.05) is 12.1 Å². The van der Waals surface area contributed by atoms with Gasteiger partial charge in [-0.25, -0.2) is 9.82 Å². The number of carbonyl (C=O) groups excluding carboxylic acids is 1. The lowest BCUT2D eigenvalue weighted by atomic mass is 9.93. The van der Waals surface area contributed by atoms with Crippen molar-refractivity contribution in [3.63, 3.8) is 0 Å². The number of ether oxygens (including phenoxy) is 1. The molecule has 0 spiro atoms. The average Bonchev–Trinajstić information content (AvgIpc) is 3.32. The summed E-state index contributed by atoms with van der Waals surface area (Å²) in [4.78, 5) is 17.7. The van der Waals surface area contributed by atoms with Crippen LogP contribution < -0.4 is 16.2 Å². The molecule has 3 fully saturated rings. The van der Waals surface area contributed by atoms with Crippen molar-refractivity contribution in [3.05, 3.63) is 35.6 Å². The highest BCUT2D eigenvalue weighted by Gasteiger charge is 2.39. The SMILES string of the molecule is CN1CCN([C@@H]2COC[C@H]2NC(=O)C2CNNC2c2cccc(F)c2)CC1. The van der Waals surface area contributed by atoms with Gasteiger partial charge in [-0.05, 0) is 24.7 Å². The number of hydrogen-bond donors (Lipinski definition) is 3. The smallest absolute Gasteiger partial charge is 0.226 e. The molecule has 1 amide bonds. The van der Waals surface area contributed by atoms with Gasteiger partial charge in [0.2, 0.25) is 5.91 Å². The van der Waals surface area contributed by atoms with Crippen molar-refractivity contribution < 1.29 is 13.9 Å². The van der Waals surface area contributed by atoms with E-state index >= 15 is 0 Å². The lowest BCUT2D eigenvalue weighted by Crippen LogP contribution is -2.57. The second-order valence-electron chi connectivity index (χ2n) is 7.72. The maximum Gasteiger partial charge on any atom is 0.226 e. The second kappa shape index (κ2) is 8.20. The highest BCUT2D eigenvalue weighted by molar-refractivity contribution is 5.80. The van der Waals surface area contributed by atoms with Crippen LogP contribution in [0.3, 0.4) is 0 Å². The zero-order valence-corrected chi connectivity index (χ0v) is 15.7. The summed E-state index contributed by atoms with van der Waals surface area (Å²) in [7, 11) is 2.13. The molecule has 8 heteroatoms. The van der Waals surface area contributed by atoms with E-state index in [-0.39, 0.29) is 35.8 Å². The molecule has 27 heavy (non-hydrogen) atoms. The Morgan fingerprint density at radius 1 is 1.26 bits per heavy atom. The molecule has 3 aliphatic rings. The number of halogens is 1. The van der Waals surface area contributed by atoms with Gasteiger partial charge >= 0.3 is 0 Å². The Balaban J connectivity index is 1.40. The molecule has 7 nitrogen and oxygen atoms in total. The Bertz CT molecular complexity index is 667. The highest BCUT2D eigenvalue weighted by Crippen LogP contribution is 2.26. The Labute approximate surface area is 159 Å². The quantitative estimate of drug-likeness (QED) is 0.671. The number of carbonyl (C=O) groups is 1. The maximum atomic E-state index is 13.6. The predicted octanol–water partition coefficient (Wildman–Crippen LogP) is -0.278. The third kappa shape index (κ3) is 4.14. The van der Waals surface area contributed by atoms with E-state index in [2.05, 4.69) is 33.0 Å². The summed E-state index contributed by atoms with van der Waals surface area (Å²) in [5.74, 6) is -0.600. The van der Waals surface area contributed by atoms with Crippen LogP contribution in [0.25, 0.3) is 0 Å². The molecule has 4 atom stereocenters. The number of likely N-dealkylation sites (N-methyl/N-ethyl adjacent to an activating group) is 1. The Morgan fingerprint density at radius 3 is 2.85 bits per heavy atom. The molecule has 0 aliphatic carbocycles. The summed E-state index contributed by atoms with van der Waals surface area (Å²) < 4.78 is 19.3. The molecule has 148 valence electrons. The molecule has 4 rings (SSSR count). The minimum atomic E-state index is -0.292. The Morgan fingerprint density at radius 2 is 2.07 bits per heavy atom. The van der Waals surface area contributed by atoms with Gasteiger partial charge < -0.3 is 15.0 Å². The van der Waals surface area contributed by atoms with Crippen LogP contribution in [0, 0.1) is 11.7 Å². The zero-order chi connectivity index (χ0) is 18.8. The molecular weight excluding hydrogens is 349 g/mol. The number of nitrogens with zero attached hydrogens (tertiary/aromatic N) is 2. The minimum absolute atomic E-state index is 0.00494. The van der Waals surface area contributed by atoms with Crippen molar-refractivity contribution in [1.82, 2.24) is 26.0 Å². The fraction of sp³-hybridized carbons (Fsp3) is 0.632. The molecule has 3 aliphatic heterocycles. The normalized spacial score (nSPS) is 32.7. The van der Waals surface area contributed by atoms with Crippen LogP contribution >= 0.6 is 0 Å². The van der Waals surface area contributed by atoms with E-state index in [4.69, 9.17) is 4.74 Å². The van der Waals surface area contributed by atoms with Crippen LogP contribution in [0.1, 0.15) is 11.6 Å². The molecule has 1 aromatic rings. The van der Waals surface area contributed by atoms with Crippen molar-refractivity contribution in [3.8, 4) is 0 Å². The monoisotopic (exact) mass is 377 g/mol. The molecule has 0 saturated carbocycles. The van der Waals surface area contributed by atoms with Gasteiger partial charge in [0.15, 0.2) is 0 Å². The van der Waals surface area contributed by atoms with E-state index < -0.39 is 0 Å². The first-order valence-electron chi connectivity index (χ1n) is 9.66. The molecule has 3 N–H and O–H groups in total. The van der Waals surface area contributed by atoms with E-state index in [1.54, 1.807) is 6.07 Å². The van der Waals surface area contributed by atoms with Crippen LogP contribution in [0.4, 0.5) is 4.39 Å². The summed E-state index contributed by atoms with van der Waals surface area (Å²) in [5.41, 5.74) is 6.93. The van der Waals surface area contributed by atoms with Crippen LogP contribution in [0.2, 0.25) is 0 Å². The van der Waals surface area contributed by atoms with E-state index in [1.165, 1.54) is 12.1 Å². The van der Waals surface area contributed by atoms with E-state index in [1.807, 2.05) is 6.07 Å². The number of amides is 1. The Hall–Kier alpha value is -1.58. The lowest BCUT2D eigenvalue weighted by molar-refractivity contribution is -0.126. The Kier molecular flexibility index (Phi) is 5.70. The second-order valence-corrected chi connectivity index (χ2v) is 7.72. The van der Waals surface area contributed by atoms with Crippen molar-refractivity contribution >= 4 is 5.91 Å². The van der Waals surface area contributed by atoms with Gasteiger partial charge in [-0.15, -0.1) is 0 Å². The van der Waals surface area contributed by atoms with Crippen LogP contribution in [0.15, 0.2) is 24.3 Å². The van der Waals surface area contributed by atoms with Gasteiger partial charge in [-0.2, -0.15) is 0 Å². The van der Waals surface area contributed by atoms with Crippen molar-refractivity contribution in [2.75, 3.05) is 53.0 Å². The van der Waals surface area contributed by atoms with Crippen LogP contribution in [-0.4, -0.2) is 80.8 Å². The minimum Gasteiger partial charge on any atom is -0.378 e. The van der Waals surface area contributed by atoms with Gasteiger partial charge in [-0.3, -0.25) is 15.1 Å². The first kappa shape index (κ1) is 18.8. The van der Waals surface area contributed by atoms with Crippen LogP contribution in [0.5, 0.6) is 0 Å². The maximum absolute atomic E-state index is 13.6. The summed E-state index contributed by atoms with van der Waals surface area (Å²) in [6.45, 7) is 5.78. The fourth-order valence-electron chi connectivity index (χ4n) is 4.24. The summed E-state index contributed by atoms with van der Waals surface area (Å²) >= 11 is 0. The van der Waals surface area contributed by atoms with Crippen LogP contribution in [-0.2, 0) is 9.53 Å². The highest BCUT2D eigenvalue weighted by atomic mass is 19.1. The van der Waals surface area contributed by atoms with E-state index in [0.29, 0.717) is 19.8 Å². The van der Waals surface area contributed by atoms with Crippen molar-refractivity contribution in [2.24, 2.45) is 5.92 Å². The first-order valence-corrected chi connectivity index (χ1v) is 9.66. The number of piperazine rings is 1. The van der Waals surface area contributed by atoms with E-state index in [0.717, 1.165) is 31.7 Å². The number of benzene rings is 1. The summed E-state index contributed by atoms with van der Waals surface area (Å²) in [6, 6.07) is 6.39. The standard InChI is InChI=1S/C19H28FN5O2/c1-24-5-7-25(8-6-24)17-12-27-11-16(17)22-19(26)15-10-21-23-18(15)13-3-2-4-14(20)9-13/h2-4,9,15-18,21,23H,5-8,10-12H2,1H3,(H,22,26)/t15?,16-,17-,18?/m1/s1. The molecule has 1 aromatic carbocycles. The summed E-state index contributed by atoms with van der Waals surface area (Å²) in [6.07, 6.45) is 0. The van der Waals surface area contributed by atoms with Gasteiger partial charge in [0, 0.05) is 32.7 Å². The number of rotatable bonds is 4. The molecule has 0 bridgehead atoms. The lowest BCUT2D eigenvalue weighted by Gasteiger charge is -2.38. The predicted molar refractivity (Wildman–Crippen MR) is 99.4 cm³/mol. The van der Waals surface area contributed by atoms with Gasteiger partial charge in [0.25, 0.3) is 0 Å². The third-order valence-corrected chi connectivity index (χ3v) is 5.91. The average molecular weight is 377 g/mol. The largest absolute Gasteiger partial charge is 0.378 e. The summed E-state index contributed by atoms with van der Waals surface area (Å²) in [5, 5.41) is 3.20. The topological polar surface area (TPSA) is 68.9 Å². The number of hydrazine groups is 1. The molecule has 3 saturated heterocycles. The van der Waals surface area contributed by atoms with Crippen molar-refractivity contribution in [1.29, 1.82) is 0 Å². The number of hydrogen-bond acceptors (Lipinski definition) is 6. The fourth-order valence-corrected chi connectivity index (χ4v) is 4.24. The molecular formula is C19H28FN5O2. The number of nitrogens with one attached hydrogen (secondary N) is 3. The van der Waals surface area contributed by atoms with E-state index in [9.17, 15) is 9.18 Å². The first-order chi connectivity index (χ1) is 13.1. The molecule has 2 unspecified atom stereocenters. The zero-order valence-electron chi connectivity index (χ0n) is 15.7. The van der Waals surface area contributed by atoms with Crippen molar-refractivity contribution in [2.45, 2.75) is 18.1 Å².